The van der Waals surface area contributed by atoms with E-state index in [0.717, 1.165) is 23.4 Å². The molecule has 0 fully saturated rings. The Balaban J connectivity index is 2.01. The molecule has 1 aromatic carbocycles. The molecule has 3 N–H and O–H groups in total. The monoisotopic (exact) mass is 349 g/mol. The molecular weight excluding hydrogens is 326 g/mol. The molecule has 0 saturated carbocycles. The largest absolute Gasteiger partial charge is 0.395 e. The van der Waals surface area contributed by atoms with Crippen molar-refractivity contribution in [2.24, 2.45) is 0 Å². The zero-order chi connectivity index (χ0) is 18.4. The lowest BCUT2D eigenvalue weighted by molar-refractivity contribution is 0.311. The van der Waals surface area contributed by atoms with E-state index in [0.29, 0.717) is 18.3 Å². The van der Waals surface area contributed by atoms with Crippen molar-refractivity contribution in [3.8, 4) is 11.3 Å². The molecule has 3 rings (SSSR count). The van der Waals surface area contributed by atoms with Crippen LogP contribution in [0, 0.1) is 6.92 Å². The van der Waals surface area contributed by atoms with Crippen molar-refractivity contribution in [1.29, 1.82) is 0 Å². The average molecular weight is 349 g/mol. The molecule has 0 atom stereocenters. The lowest BCUT2D eigenvalue weighted by atomic mass is 10.1. The lowest BCUT2D eigenvalue weighted by Gasteiger charge is -2.15. The Hall–Kier alpha value is -2.99. The second kappa shape index (κ2) is 8.40. The summed E-state index contributed by atoms with van der Waals surface area (Å²) in [4.78, 5) is 13.2. The van der Waals surface area contributed by atoms with E-state index in [4.69, 9.17) is 5.11 Å². The topological polar surface area (TPSA) is 83.0 Å². The number of hydrogen-bond acceptors (Lipinski definition) is 6. The predicted molar refractivity (Wildman–Crippen MR) is 105 cm³/mol. The van der Waals surface area contributed by atoms with E-state index in [2.05, 4.69) is 57.6 Å². The maximum atomic E-state index is 9.08. The van der Waals surface area contributed by atoms with Crippen molar-refractivity contribution >= 4 is 17.5 Å². The number of para-hydroxylation sites is 1. The number of aliphatic hydroxyl groups excluding tert-OH is 1. The minimum absolute atomic E-state index is 0.0172. The number of anilines is 3. The Morgan fingerprint density at radius 1 is 1.08 bits per heavy atom. The third kappa shape index (κ3) is 4.15. The summed E-state index contributed by atoms with van der Waals surface area (Å²) < 4.78 is 0. The predicted octanol–water partition coefficient (Wildman–Crippen LogP) is 3.56. The minimum Gasteiger partial charge on any atom is -0.395 e. The van der Waals surface area contributed by atoms with E-state index in [1.165, 1.54) is 11.1 Å². The first kappa shape index (κ1) is 17.8. The summed E-state index contributed by atoms with van der Waals surface area (Å²) in [6.07, 6.45) is 4.41. The summed E-state index contributed by atoms with van der Waals surface area (Å²) in [5, 5.41) is 15.6. The number of aliphatic hydroxyl groups is 1. The first-order valence-corrected chi connectivity index (χ1v) is 8.71. The first-order chi connectivity index (χ1) is 12.7. The molecule has 0 aliphatic heterocycles. The van der Waals surface area contributed by atoms with Gasteiger partial charge < -0.3 is 15.7 Å². The molecule has 0 radical (unpaired) electrons. The van der Waals surface area contributed by atoms with Gasteiger partial charge in [0.05, 0.1) is 12.3 Å². The summed E-state index contributed by atoms with van der Waals surface area (Å²) >= 11 is 0. The fourth-order valence-electron chi connectivity index (χ4n) is 2.76. The highest BCUT2D eigenvalue weighted by atomic mass is 16.3. The van der Waals surface area contributed by atoms with Gasteiger partial charge in [-0.1, -0.05) is 25.1 Å². The van der Waals surface area contributed by atoms with Crippen LogP contribution < -0.4 is 10.6 Å². The summed E-state index contributed by atoms with van der Waals surface area (Å²) in [5.41, 5.74) is 5.22. The molecular formula is C20H23N5O. The van der Waals surface area contributed by atoms with Gasteiger partial charge in [0, 0.05) is 36.3 Å². The van der Waals surface area contributed by atoms with Gasteiger partial charge in [-0.3, -0.25) is 4.98 Å². The van der Waals surface area contributed by atoms with Gasteiger partial charge in [-0.2, -0.15) is 4.98 Å². The highest BCUT2D eigenvalue weighted by Gasteiger charge is 2.10. The van der Waals surface area contributed by atoms with Crippen molar-refractivity contribution < 1.29 is 5.11 Å². The molecule has 0 bridgehead atoms. The summed E-state index contributed by atoms with van der Waals surface area (Å²) in [6.45, 7) is 4.63. The highest BCUT2D eigenvalue weighted by molar-refractivity contribution is 5.70. The van der Waals surface area contributed by atoms with Gasteiger partial charge in [0.2, 0.25) is 5.95 Å². The molecule has 0 saturated heterocycles. The van der Waals surface area contributed by atoms with Crippen LogP contribution in [0.15, 0.2) is 48.8 Å². The van der Waals surface area contributed by atoms with Gasteiger partial charge in [-0.15, -0.1) is 0 Å². The number of hydrogen-bond donors (Lipinski definition) is 3. The zero-order valence-electron chi connectivity index (χ0n) is 15.0. The van der Waals surface area contributed by atoms with Crippen LogP contribution in [0.3, 0.4) is 0 Å². The summed E-state index contributed by atoms with van der Waals surface area (Å²) in [5.74, 6) is 1.18. The smallest absolute Gasteiger partial charge is 0.225 e. The van der Waals surface area contributed by atoms with Crippen LogP contribution in [-0.2, 0) is 6.42 Å². The third-order valence-electron chi connectivity index (χ3n) is 4.09. The fraction of sp³-hybridized carbons (Fsp3) is 0.250. The molecule has 0 unspecified atom stereocenters. The second-order valence-corrected chi connectivity index (χ2v) is 5.94. The zero-order valence-corrected chi connectivity index (χ0v) is 15.0. The van der Waals surface area contributed by atoms with E-state index in [1.807, 2.05) is 18.2 Å². The molecule has 6 heteroatoms. The molecule has 134 valence electrons. The normalized spacial score (nSPS) is 10.6. The van der Waals surface area contributed by atoms with E-state index in [-0.39, 0.29) is 6.61 Å². The molecule has 2 heterocycles. The highest BCUT2D eigenvalue weighted by Crippen LogP contribution is 2.27. The Bertz CT molecular complexity index is 867. The number of nitrogens with zero attached hydrogens (tertiary/aromatic N) is 3. The van der Waals surface area contributed by atoms with E-state index >= 15 is 0 Å². The molecule has 0 amide bonds. The number of aromatic nitrogens is 3. The molecule has 0 spiro atoms. The third-order valence-corrected chi connectivity index (χ3v) is 4.09. The van der Waals surface area contributed by atoms with E-state index < -0.39 is 0 Å². The summed E-state index contributed by atoms with van der Waals surface area (Å²) in [6, 6.07) is 12.0. The lowest BCUT2D eigenvalue weighted by Crippen LogP contribution is -2.10. The van der Waals surface area contributed by atoms with Gasteiger partial charge in [0.25, 0.3) is 0 Å². The van der Waals surface area contributed by atoms with E-state index in [1.54, 1.807) is 12.4 Å². The fourth-order valence-corrected chi connectivity index (χ4v) is 2.76. The first-order valence-electron chi connectivity index (χ1n) is 8.71. The van der Waals surface area contributed by atoms with Crippen molar-refractivity contribution in [3.05, 3.63) is 59.9 Å². The number of benzene rings is 1. The molecule has 6 nitrogen and oxygen atoms in total. The average Bonchev–Trinajstić information content (AvgIpc) is 2.68. The van der Waals surface area contributed by atoms with Crippen molar-refractivity contribution in [2.45, 2.75) is 20.3 Å². The maximum absolute atomic E-state index is 9.08. The van der Waals surface area contributed by atoms with Crippen LogP contribution in [0.25, 0.3) is 11.3 Å². The Morgan fingerprint density at radius 2 is 1.88 bits per heavy atom. The Labute approximate surface area is 153 Å². The Kier molecular flexibility index (Phi) is 5.76. The number of pyridine rings is 1. The van der Waals surface area contributed by atoms with Crippen LogP contribution in [-0.4, -0.2) is 33.2 Å². The molecule has 0 aliphatic carbocycles. The van der Waals surface area contributed by atoms with Gasteiger partial charge >= 0.3 is 0 Å². The number of aryl methyl sites for hydroxylation is 2. The minimum atomic E-state index is 0.0172. The molecule has 26 heavy (non-hydrogen) atoms. The maximum Gasteiger partial charge on any atom is 0.225 e. The van der Waals surface area contributed by atoms with Crippen LogP contribution >= 0.6 is 0 Å². The standard InChI is InChI=1S/C20H23N5O/c1-3-15-6-4-5-14(2)19(15)24-18-13-17(16-7-9-21-10-8-16)23-20(25-18)22-11-12-26/h4-10,13,26H,3,11-12H2,1-2H3,(H2,22,23,24,25). The van der Waals surface area contributed by atoms with Crippen LogP contribution in [0.4, 0.5) is 17.5 Å². The van der Waals surface area contributed by atoms with Crippen LogP contribution in [0.5, 0.6) is 0 Å². The summed E-state index contributed by atoms with van der Waals surface area (Å²) in [7, 11) is 0. The van der Waals surface area contributed by atoms with Gasteiger partial charge in [0.1, 0.15) is 5.82 Å². The van der Waals surface area contributed by atoms with Gasteiger partial charge in [-0.05, 0) is 36.6 Å². The SMILES string of the molecule is CCc1cccc(C)c1Nc1cc(-c2ccncc2)nc(NCCO)n1. The van der Waals surface area contributed by atoms with Crippen molar-refractivity contribution in [3.63, 3.8) is 0 Å². The van der Waals surface area contributed by atoms with Gasteiger partial charge in [0.15, 0.2) is 0 Å². The quantitative estimate of drug-likeness (QED) is 0.605. The second-order valence-electron chi connectivity index (χ2n) is 5.94. The van der Waals surface area contributed by atoms with Crippen LogP contribution in [0.2, 0.25) is 0 Å². The van der Waals surface area contributed by atoms with E-state index in [9.17, 15) is 0 Å². The molecule has 3 aromatic rings. The molecule has 2 aromatic heterocycles. The molecule has 0 aliphatic rings. The van der Waals surface area contributed by atoms with Crippen LogP contribution in [0.1, 0.15) is 18.1 Å². The van der Waals surface area contributed by atoms with Crippen molar-refractivity contribution in [1.82, 2.24) is 15.0 Å². The number of nitrogens with one attached hydrogen (secondary N) is 2. The van der Waals surface area contributed by atoms with Crippen molar-refractivity contribution in [2.75, 3.05) is 23.8 Å². The Morgan fingerprint density at radius 3 is 2.62 bits per heavy atom. The van der Waals surface area contributed by atoms with Gasteiger partial charge in [-0.25, -0.2) is 4.98 Å². The number of rotatable bonds is 7.